The normalized spacial score (nSPS) is 13.0. The Balaban J connectivity index is 2.73. The quantitative estimate of drug-likeness (QED) is 0.500. The summed E-state index contributed by atoms with van der Waals surface area (Å²) in [6.45, 7) is 2.06. The van der Waals surface area contributed by atoms with Gasteiger partial charge in [0.15, 0.2) is 9.84 Å². The summed E-state index contributed by atoms with van der Waals surface area (Å²) in [6.07, 6.45) is 5.79. The Morgan fingerprint density at radius 1 is 1.14 bits per heavy atom. The summed E-state index contributed by atoms with van der Waals surface area (Å²) in [5.41, 5.74) is 3.07. The molecule has 0 aliphatic rings. The number of sulfone groups is 1. The number of hydroxylamine groups is 1. The van der Waals surface area contributed by atoms with Crippen LogP contribution in [-0.2, 0) is 9.84 Å². The Morgan fingerprint density at radius 3 is 2.32 bits per heavy atom. The van der Waals surface area contributed by atoms with Gasteiger partial charge < -0.3 is 4.74 Å². The fraction of sp³-hybridized carbons (Fsp3) is 0.625. The topological polar surface area (TPSA) is 77.7 Å². The fourth-order valence-corrected chi connectivity index (χ4v) is 4.01. The lowest BCUT2D eigenvalue weighted by atomic mass is 10.1. The van der Waals surface area contributed by atoms with Crippen LogP contribution in [0.3, 0.4) is 0 Å². The van der Waals surface area contributed by atoms with E-state index in [1.807, 2.05) is 0 Å². The second kappa shape index (κ2) is 9.82. The highest BCUT2D eigenvalue weighted by Crippen LogP contribution is 2.23. The maximum atomic E-state index is 12.6. The minimum absolute atomic E-state index is 0.0812. The van der Waals surface area contributed by atoms with Crippen LogP contribution in [0.25, 0.3) is 0 Å². The third-order valence-corrected chi connectivity index (χ3v) is 5.93. The van der Waals surface area contributed by atoms with E-state index in [0.717, 1.165) is 25.7 Å². The number of hydrogen-bond acceptors (Lipinski definition) is 4. The molecule has 22 heavy (non-hydrogen) atoms. The number of unbranched alkanes of at least 4 members (excludes halogenated alkanes) is 4. The van der Waals surface area contributed by atoms with Crippen LogP contribution in [0.15, 0.2) is 29.2 Å². The van der Waals surface area contributed by atoms with Crippen molar-refractivity contribution < 1.29 is 18.4 Å². The van der Waals surface area contributed by atoms with Gasteiger partial charge in [0.2, 0.25) is 0 Å². The lowest BCUT2D eigenvalue weighted by Crippen LogP contribution is -2.29. The summed E-state index contributed by atoms with van der Waals surface area (Å²) in [6, 6.07) is 6.33. The van der Waals surface area contributed by atoms with E-state index in [-0.39, 0.29) is 11.4 Å². The first-order chi connectivity index (χ1) is 10.6. The standard InChI is InChI=1S/C16H26NO4S/c1-3-4-5-6-7-8-16(13-17-18)22(19,20)15-11-9-14(21-2)10-12-15/h9-12,16,18H,3-8,13H2,1-2H3. The molecule has 125 valence electrons. The molecule has 0 amide bonds. The van der Waals surface area contributed by atoms with Gasteiger partial charge in [0.25, 0.3) is 0 Å². The Morgan fingerprint density at radius 2 is 1.77 bits per heavy atom. The predicted octanol–water partition coefficient (Wildman–Crippen LogP) is 3.19. The SMILES string of the molecule is CCCCCCCC(C[N]O)S(=O)(=O)c1ccc(OC)cc1. The van der Waals surface area contributed by atoms with Crippen molar-refractivity contribution in [2.75, 3.05) is 13.7 Å². The molecule has 5 nitrogen and oxygen atoms in total. The van der Waals surface area contributed by atoms with E-state index in [9.17, 15) is 8.42 Å². The molecule has 0 aliphatic carbocycles. The Bertz CT molecular complexity index is 513. The number of benzene rings is 1. The van der Waals surface area contributed by atoms with Crippen LogP contribution in [0.2, 0.25) is 0 Å². The molecule has 6 heteroatoms. The smallest absolute Gasteiger partial charge is 0.182 e. The van der Waals surface area contributed by atoms with Crippen molar-refractivity contribution in [1.29, 1.82) is 0 Å². The molecular formula is C16H26NO4S. The molecule has 1 unspecified atom stereocenters. The number of rotatable bonds is 11. The first-order valence-electron chi connectivity index (χ1n) is 7.75. The molecule has 1 aromatic rings. The largest absolute Gasteiger partial charge is 0.497 e. The molecule has 0 bridgehead atoms. The molecule has 1 atom stereocenters. The lowest BCUT2D eigenvalue weighted by Gasteiger charge is -2.16. The monoisotopic (exact) mass is 328 g/mol. The molecule has 1 N–H and O–H groups in total. The van der Waals surface area contributed by atoms with Gasteiger partial charge in [-0.2, -0.15) is 0 Å². The maximum Gasteiger partial charge on any atom is 0.182 e. The average molecular weight is 328 g/mol. The molecule has 0 saturated carbocycles. The second-order valence-electron chi connectivity index (χ2n) is 5.37. The average Bonchev–Trinajstić information content (AvgIpc) is 2.53. The zero-order valence-electron chi connectivity index (χ0n) is 13.4. The van der Waals surface area contributed by atoms with E-state index < -0.39 is 15.1 Å². The first-order valence-corrected chi connectivity index (χ1v) is 9.29. The minimum Gasteiger partial charge on any atom is -0.497 e. The van der Waals surface area contributed by atoms with Gasteiger partial charge in [-0.15, -0.1) is 0 Å². The molecule has 0 aliphatic heterocycles. The van der Waals surface area contributed by atoms with Gasteiger partial charge in [-0.3, -0.25) is 5.21 Å². The number of methoxy groups -OCH3 is 1. The van der Waals surface area contributed by atoms with Gasteiger partial charge in [0, 0.05) is 0 Å². The van der Waals surface area contributed by atoms with Gasteiger partial charge in [-0.25, -0.2) is 8.42 Å². The second-order valence-corrected chi connectivity index (χ2v) is 7.60. The van der Waals surface area contributed by atoms with Gasteiger partial charge in [0.1, 0.15) is 5.75 Å². The van der Waals surface area contributed by atoms with Crippen molar-refractivity contribution in [3.05, 3.63) is 24.3 Å². The molecule has 0 fully saturated rings. The molecule has 1 radical (unpaired) electrons. The van der Waals surface area contributed by atoms with Crippen molar-refractivity contribution >= 4 is 9.84 Å². The van der Waals surface area contributed by atoms with Gasteiger partial charge in [-0.1, -0.05) is 44.5 Å². The zero-order chi connectivity index (χ0) is 16.4. The summed E-state index contributed by atoms with van der Waals surface area (Å²) in [7, 11) is -1.96. The number of ether oxygens (including phenoxy) is 1. The van der Waals surface area contributed by atoms with Gasteiger partial charge >= 0.3 is 0 Å². The van der Waals surface area contributed by atoms with Crippen molar-refractivity contribution in [1.82, 2.24) is 5.48 Å². The fourth-order valence-electron chi connectivity index (χ4n) is 2.37. The van der Waals surface area contributed by atoms with Crippen LogP contribution in [0.5, 0.6) is 5.75 Å². The van der Waals surface area contributed by atoms with Crippen molar-refractivity contribution in [3.8, 4) is 5.75 Å². The predicted molar refractivity (Wildman–Crippen MR) is 86.1 cm³/mol. The van der Waals surface area contributed by atoms with E-state index >= 15 is 0 Å². The molecule has 0 heterocycles. The zero-order valence-corrected chi connectivity index (χ0v) is 14.2. The molecule has 1 aromatic carbocycles. The third-order valence-electron chi connectivity index (χ3n) is 3.74. The lowest BCUT2D eigenvalue weighted by molar-refractivity contribution is 0.154. The summed E-state index contributed by atoms with van der Waals surface area (Å²) >= 11 is 0. The van der Waals surface area contributed by atoms with E-state index in [2.05, 4.69) is 12.4 Å². The van der Waals surface area contributed by atoms with Gasteiger partial charge in [0.05, 0.1) is 23.8 Å². The van der Waals surface area contributed by atoms with Crippen molar-refractivity contribution in [2.45, 2.75) is 55.6 Å². The molecule has 0 aromatic heterocycles. The van der Waals surface area contributed by atoms with Crippen LogP contribution in [0.4, 0.5) is 0 Å². The van der Waals surface area contributed by atoms with E-state index in [0.29, 0.717) is 12.2 Å². The highest BCUT2D eigenvalue weighted by molar-refractivity contribution is 7.92. The summed E-state index contributed by atoms with van der Waals surface area (Å²) in [5.74, 6) is 0.613. The maximum absolute atomic E-state index is 12.6. The van der Waals surface area contributed by atoms with E-state index in [4.69, 9.17) is 9.94 Å². The highest BCUT2D eigenvalue weighted by Gasteiger charge is 2.27. The van der Waals surface area contributed by atoms with Crippen molar-refractivity contribution in [2.24, 2.45) is 0 Å². The highest BCUT2D eigenvalue weighted by atomic mass is 32.2. The van der Waals surface area contributed by atoms with E-state index in [1.165, 1.54) is 25.7 Å². The Labute approximate surface area is 133 Å². The van der Waals surface area contributed by atoms with Gasteiger partial charge in [-0.05, 0) is 30.7 Å². The number of hydrogen-bond donors (Lipinski definition) is 1. The molecule has 0 saturated heterocycles. The number of nitrogens with zero attached hydrogens (tertiary/aromatic N) is 1. The molecular weight excluding hydrogens is 302 g/mol. The summed E-state index contributed by atoms with van der Waals surface area (Å²) in [4.78, 5) is 0.246. The van der Waals surface area contributed by atoms with Crippen LogP contribution in [-0.4, -0.2) is 32.5 Å². The first kappa shape index (κ1) is 18.9. The Hall–Kier alpha value is -1.11. The summed E-state index contributed by atoms with van der Waals surface area (Å²) < 4.78 is 30.3. The van der Waals surface area contributed by atoms with Crippen LogP contribution in [0, 0.1) is 0 Å². The van der Waals surface area contributed by atoms with Crippen molar-refractivity contribution in [3.63, 3.8) is 0 Å². The van der Waals surface area contributed by atoms with Crippen LogP contribution < -0.4 is 10.2 Å². The Kier molecular flexibility index (Phi) is 8.45. The van der Waals surface area contributed by atoms with E-state index in [1.54, 1.807) is 12.1 Å². The van der Waals surface area contributed by atoms with Crippen LogP contribution >= 0.6 is 0 Å². The third kappa shape index (κ3) is 5.59. The molecule has 0 spiro atoms. The minimum atomic E-state index is -3.49. The van der Waals surface area contributed by atoms with Crippen LogP contribution in [0.1, 0.15) is 45.4 Å². The summed E-state index contributed by atoms with van der Waals surface area (Å²) in [5, 5.41) is 8.14. The molecule has 1 rings (SSSR count).